The number of amides is 1. The van der Waals surface area contributed by atoms with Gasteiger partial charge in [0, 0.05) is 24.3 Å². The van der Waals surface area contributed by atoms with Crippen LogP contribution in [0.2, 0.25) is 0 Å². The molecule has 144 valence electrons. The fraction of sp³-hybridized carbons (Fsp3) is 0.167. The van der Waals surface area contributed by atoms with Gasteiger partial charge in [-0.25, -0.2) is 17.8 Å². The van der Waals surface area contributed by atoms with Crippen LogP contribution in [0.1, 0.15) is 12.8 Å². The molecule has 1 saturated heterocycles. The summed E-state index contributed by atoms with van der Waals surface area (Å²) < 4.78 is 41.8. The van der Waals surface area contributed by atoms with E-state index < -0.39 is 15.8 Å². The number of hydrogen-bond donors (Lipinski definition) is 2. The van der Waals surface area contributed by atoms with Crippen LogP contribution >= 0.6 is 0 Å². The van der Waals surface area contributed by atoms with E-state index in [-0.39, 0.29) is 27.9 Å². The molecule has 10 heteroatoms. The maximum Gasteiger partial charge on any atom is 0.261 e. The normalized spacial score (nSPS) is 14.5. The van der Waals surface area contributed by atoms with E-state index >= 15 is 0 Å². The SMILES string of the molecule is O=C1CCCN1c1ccc(S(=O)(=O)Nc2ccc(F)c(-c3ncn[nH]3)c2)cc1. The number of hydrogen-bond acceptors (Lipinski definition) is 5. The highest BCUT2D eigenvalue weighted by Gasteiger charge is 2.22. The number of nitrogens with one attached hydrogen (secondary N) is 2. The zero-order valence-corrected chi connectivity index (χ0v) is 15.4. The molecule has 0 atom stereocenters. The van der Waals surface area contributed by atoms with E-state index in [1.54, 1.807) is 17.0 Å². The molecule has 2 N–H and O–H groups in total. The van der Waals surface area contributed by atoms with Gasteiger partial charge in [0.15, 0.2) is 5.82 Å². The molecule has 0 aliphatic carbocycles. The molecule has 0 bridgehead atoms. The van der Waals surface area contributed by atoms with Crippen LogP contribution in [0.5, 0.6) is 0 Å². The molecule has 0 radical (unpaired) electrons. The molecule has 3 aromatic rings. The Balaban J connectivity index is 1.58. The number of carbonyl (C=O) groups is 1. The fourth-order valence-electron chi connectivity index (χ4n) is 3.05. The predicted molar refractivity (Wildman–Crippen MR) is 101 cm³/mol. The third kappa shape index (κ3) is 3.46. The first kappa shape index (κ1) is 18.1. The van der Waals surface area contributed by atoms with Crippen molar-refractivity contribution in [2.24, 2.45) is 0 Å². The number of carbonyl (C=O) groups excluding carboxylic acids is 1. The molecule has 4 rings (SSSR count). The molecule has 0 saturated carbocycles. The topological polar surface area (TPSA) is 108 Å². The summed E-state index contributed by atoms with van der Waals surface area (Å²) in [6, 6.07) is 9.88. The van der Waals surface area contributed by atoms with Crippen LogP contribution in [0, 0.1) is 5.82 Å². The van der Waals surface area contributed by atoms with E-state index in [1.807, 2.05) is 0 Å². The number of sulfonamides is 1. The number of benzene rings is 2. The maximum atomic E-state index is 14.0. The summed E-state index contributed by atoms with van der Waals surface area (Å²) in [6.45, 7) is 0.628. The second kappa shape index (κ2) is 7.04. The van der Waals surface area contributed by atoms with Crippen molar-refractivity contribution in [1.82, 2.24) is 15.2 Å². The molecule has 1 aromatic heterocycles. The molecular formula is C18H16FN5O3S. The Morgan fingerprint density at radius 3 is 2.57 bits per heavy atom. The van der Waals surface area contributed by atoms with Gasteiger partial charge in [-0.1, -0.05) is 0 Å². The summed E-state index contributed by atoms with van der Waals surface area (Å²) in [7, 11) is -3.89. The molecular weight excluding hydrogens is 385 g/mol. The number of H-pyrrole nitrogens is 1. The first-order valence-corrected chi connectivity index (χ1v) is 10.0. The Kier molecular flexibility index (Phi) is 4.55. The van der Waals surface area contributed by atoms with Crippen LogP contribution in [0.3, 0.4) is 0 Å². The molecule has 1 amide bonds. The molecule has 1 aliphatic heterocycles. The number of halogens is 1. The van der Waals surface area contributed by atoms with Crippen molar-refractivity contribution in [2.45, 2.75) is 17.7 Å². The van der Waals surface area contributed by atoms with Crippen LogP contribution in [0.25, 0.3) is 11.4 Å². The molecule has 1 fully saturated rings. The minimum atomic E-state index is -3.89. The van der Waals surface area contributed by atoms with E-state index in [9.17, 15) is 17.6 Å². The number of rotatable bonds is 5. The predicted octanol–water partition coefficient (Wildman–Crippen LogP) is 2.54. The van der Waals surface area contributed by atoms with Crippen LogP contribution in [-0.2, 0) is 14.8 Å². The van der Waals surface area contributed by atoms with Crippen LogP contribution in [0.15, 0.2) is 53.7 Å². The van der Waals surface area contributed by atoms with Crippen molar-refractivity contribution in [3.05, 3.63) is 54.6 Å². The largest absolute Gasteiger partial charge is 0.312 e. The minimum absolute atomic E-state index is 0.0278. The lowest BCUT2D eigenvalue weighted by Gasteiger charge is -2.16. The van der Waals surface area contributed by atoms with Gasteiger partial charge in [-0.05, 0) is 48.9 Å². The Labute approximate surface area is 160 Å². The summed E-state index contributed by atoms with van der Waals surface area (Å²) in [5, 5.41) is 6.21. The highest BCUT2D eigenvalue weighted by Crippen LogP contribution is 2.26. The molecule has 2 heterocycles. The van der Waals surface area contributed by atoms with Crippen molar-refractivity contribution in [2.75, 3.05) is 16.2 Å². The van der Waals surface area contributed by atoms with Crippen molar-refractivity contribution in [1.29, 1.82) is 0 Å². The van der Waals surface area contributed by atoms with Gasteiger partial charge >= 0.3 is 0 Å². The van der Waals surface area contributed by atoms with E-state index in [0.29, 0.717) is 18.7 Å². The Hall–Kier alpha value is -3.27. The number of aromatic amines is 1. The molecule has 1 aliphatic rings. The highest BCUT2D eigenvalue weighted by molar-refractivity contribution is 7.92. The molecule has 0 unspecified atom stereocenters. The summed E-state index contributed by atoms with van der Waals surface area (Å²) in [6.07, 6.45) is 2.52. The van der Waals surface area contributed by atoms with E-state index in [0.717, 1.165) is 12.5 Å². The first-order valence-electron chi connectivity index (χ1n) is 8.52. The van der Waals surface area contributed by atoms with Crippen LogP contribution < -0.4 is 9.62 Å². The fourth-order valence-corrected chi connectivity index (χ4v) is 4.10. The maximum absolute atomic E-state index is 14.0. The summed E-state index contributed by atoms with van der Waals surface area (Å²) in [5.74, 6) is -0.336. The quantitative estimate of drug-likeness (QED) is 0.683. The molecule has 0 spiro atoms. The highest BCUT2D eigenvalue weighted by atomic mass is 32.2. The number of nitrogens with zero attached hydrogens (tertiary/aromatic N) is 3. The summed E-state index contributed by atoms with van der Waals surface area (Å²) >= 11 is 0. The second-order valence-electron chi connectivity index (χ2n) is 6.28. The second-order valence-corrected chi connectivity index (χ2v) is 7.96. The van der Waals surface area contributed by atoms with Crippen LogP contribution in [-0.4, -0.2) is 36.1 Å². The Morgan fingerprint density at radius 2 is 1.93 bits per heavy atom. The van der Waals surface area contributed by atoms with Gasteiger partial charge < -0.3 is 4.90 Å². The van der Waals surface area contributed by atoms with Gasteiger partial charge in [-0.2, -0.15) is 5.10 Å². The number of aromatic nitrogens is 3. The first-order chi connectivity index (χ1) is 13.4. The van der Waals surface area contributed by atoms with Crippen molar-refractivity contribution < 1.29 is 17.6 Å². The lowest BCUT2D eigenvalue weighted by atomic mass is 10.2. The van der Waals surface area contributed by atoms with Gasteiger partial charge in [0.1, 0.15) is 12.1 Å². The summed E-state index contributed by atoms with van der Waals surface area (Å²) in [5.41, 5.74) is 0.947. The third-order valence-electron chi connectivity index (χ3n) is 4.42. The van der Waals surface area contributed by atoms with Gasteiger partial charge in [0.05, 0.1) is 10.5 Å². The van der Waals surface area contributed by atoms with E-state index in [1.165, 1.54) is 30.6 Å². The minimum Gasteiger partial charge on any atom is -0.312 e. The Morgan fingerprint density at radius 1 is 1.14 bits per heavy atom. The monoisotopic (exact) mass is 401 g/mol. The molecule has 2 aromatic carbocycles. The van der Waals surface area contributed by atoms with E-state index in [4.69, 9.17) is 0 Å². The molecule has 28 heavy (non-hydrogen) atoms. The lowest BCUT2D eigenvalue weighted by molar-refractivity contribution is -0.117. The average molecular weight is 401 g/mol. The zero-order chi connectivity index (χ0) is 19.7. The van der Waals surface area contributed by atoms with E-state index in [2.05, 4.69) is 19.9 Å². The van der Waals surface area contributed by atoms with Crippen molar-refractivity contribution in [3.63, 3.8) is 0 Å². The standard InChI is InChI=1S/C18H16FN5O3S/c19-16-8-3-12(10-15(16)18-20-11-21-22-18)23-28(26,27)14-6-4-13(5-7-14)24-9-1-2-17(24)25/h3-8,10-11,23H,1-2,9H2,(H,20,21,22). The van der Waals surface area contributed by atoms with Crippen LogP contribution in [0.4, 0.5) is 15.8 Å². The zero-order valence-electron chi connectivity index (χ0n) is 14.6. The van der Waals surface area contributed by atoms with Crippen molar-refractivity contribution in [3.8, 4) is 11.4 Å². The van der Waals surface area contributed by atoms with Crippen molar-refractivity contribution >= 4 is 27.3 Å². The molecule has 8 nitrogen and oxygen atoms in total. The van der Waals surface area contributed by atoms with Gasteiger partial charge in [-0.15, -0.1) is 0 Å². The smallest absolute Gasteiger partial charge is 0.261 e. The third-order valence-corrected chi connectivity index (χ3v) is 5.82. The average Bonchev–Trinajstić information content (AvgIpc) is 3.35. The van der Waals surface area contributed by atoms with Gasteiger partial charge in [0.25, 0.3) is 10.0 Å². The van der Waals surface area contributed by atoms with Gasteiger partial charge in [-0.3, -0.25) is 14.6 Å². The Bertz CT molecular complexity index is 1110. The lowest BCUT2D eigenvalue weighted by Crippen LogP contribution is -2.23. The van der Waals surface area contributed by atoms with Gasteiger partial charge in [0.2, 0.25) is 5.91 Å². The number of anilines is 2. The summed E-state index contributed by atoms with van der Waals surface area (Å²) in [4.78, 5) is 17.4.